The molecule has 6 heteroatoms. The van der Waals surface area contributed by atoms with Crippen molar-refractivity contribution in [2.45, 2.75) is 12.5 Å². The quantitative estimate of drug-likeness (QED) is 0.893. The van der Waals surface area contributed by atoms with Crippen molar-refractivity contribution < 1.29 is 4.42 Å². The molecule has 1 aliphatic heterocycles. The zero-order valence-electron chi connectivity index (χ0n) is 10.8. The average Bonchev–Trinajstić information content (AvgIpc) is 2.97. The lowest BCUT2D eigenvalue weighted by Crippen LogP contribution is -2.47. The Labute approximate surface area is 130 Å². The Morgan fingerprint density at radius 2 is 2.00 bits per heavy atom. The third-order valence-electron chi connectivity index (χ3n) is 3.46. The third kappa shape index (κ3) is 2.11. The van der Waals surface area contributed by atoms with Crippen LogP contribution in [0.15, 0.2) is 50.5 Å². The first-order valence-corrected chi connectivity index (χ1v) is 7.29. The van der Waals surface area contributed by atoms with E-state index >= 15 is 0 Å². The number of nitrogens with zero attached hydrogens (tertiary/aromatic N) is 2. The van der Waals surface area contributed by atoms with Crippen molar-refractivity contribution in [1.82, 2.24) is 0 Å². The van der Waals surface area contributed by atoms with E-state index < -0.39 is 5.54 Å². The zero-order valence-corrected chi connectivity index (χ0v) is 13.1. The van der Waals surface area contributed by atoms with Gasteiger partial charge in [0.2, 0.25) is 0 Å². The Bertz CT molecular complexity index is 667. The Morgan fingerprint density at radius 1 is 1.30 bits per heavy atom. The second-order valence-electron chi connectivity index (χ2n) is 4.86. The molecular formula is C14H13BrClN3O. The van der Waals surface area contributed by atoms with Crippen LogP contribution in [0.3, 0.4) is 0 Å². The molecule has 2 heterocycles. The molecule has 0 spiro atoms. The molecule has 1 aromatic carbocycles. The van der Waals surface area contributed by atoms with Crippen LogP contribution in [0.1, 0.15) is 12.7 Å². The number of aliphatic imine (C=N–C) groups is 1. The van der Waals surface area contributed by atoms with E-state index in [1.165, 1.54) is 0 Å². The second kappa shape index (κ2) is 4.82. The van der Waals surface area contributed by atoms with Gasteiger partial charge in [0, 0.05) is 10.7 Å². The van der Waals surface area contributed by atoms with Gasteiger partial charge >= 0.3 is 0 Å². The van der Waals surface area contributed by atoms with E-state index in [2.05, 4.69) is 27.8 Å². The first-order chi connectivity index (χ1) is 9.50. The summed E-state index contributed by atoms with van der Waals surface area (Å²) in [5.41, 5.74) is 6.55. The van der Waals surface area contributed by atoms with Crippen LogP contribution in [-0.4, -0.2) is 12.5 Å². The van der Waals surface area contributed by atoms with Crippen molar-refractivity contribution in [2.75, 3.05) is 11.4 Å². The summed E-state index contributed by atoms with van der Waals surface area (Å²) in [5, 5.41) is 0.686. The first-order valence-electron chi connectivity index (χ1n) is 6.12. The van der Waals surface area contributed by atoms with Crippen LogP contribution in [0, 0.1) is 0 Å². The van der Waals surface area contributed by atoms with Gasteiger partial charge in [-0.3, -0.25) is 9.89 Å². The summed E-state index contributed by atoms with van der Waals surface area (Å²) in [5.74, 6) is 1.28. The molecule has 0 saturated carbocycles. The number of rotatable bonds is 2. The van der Waals surface area contributed by atoms with Crippen LogP contribution in [-0.2, 0) is 5.54 Å². The molecule has 1 aromatic heterocycles. The summed E-state index contributed by atoms with van der Waals surface area (Å²) in [6.07, 6.45) is 0. The highest BCUT2D eigenvalue weighted by atomic mass is 79.9. The van der Waals surface area contributed by atoms with E-state index in [1.807, 2.05) is 41.3 Å². The first kappa shape index (κ1) is 13.5. The largest absolute Gasteiger partial charge is 0.452 e. The normalized spacial score (nSPS) is 22.1. The van der Waals surface area contributed by atoms with Gasteiger partial charge < -0.3 is 10.2 Å². The highest BCUT2D eigenvalue weighted by Gasteiger charge is 2.43. The molecule has 3 rings (SSSR count). The van der Waals surface area contributed by atoms with Gasteiger partial charge in [0.25, 0.3) is 0 Å². The van der Waals surface area contributed by atoms with Gasteiger partial charge in [-0.05, 0) is 59.3 Å². The van der Waals surface area contributed by atoms with Gasteiger partial charge in [-0.1, -0.05) is 11.6 Å². The standard InChI is InChI=1S/C14H13BrClN3O/c1-14(11-6-7-12(15)20-11)8-18-13(17)19(14)10-4-2-9(16)3-5-10/h2-7H,8H2,1H3,(H2,17,18). The van der Waals surface area contributed by atoms with Crippen molar-refractivity contribution in [2.24, 2.45) is 10.7 Å². The Balaban J connectivity index is 2.06. The van der Waals surface area contributed by atoms with E-state index in [0.717, 1.165) is 11.4 Å². The van der Waals surface area contributed by atoms with Crippen LogP contribution < -0.4 is 10.6 Å². The molecule has 4 nitrogen and oxygen atoms in total. The predicted octanol–water partition coefficient (Wildman–Crippen LogP) is 3.75. The summed E-state index contributed by atoms with van der Waals surface area (Å²) in [4.78, 5) is 6.33. The summed E-state index contributed by atoms with van der Waals surface area (Å²) in [6, 6.07) is 11.3. The van der Waals surface area contributed by atoms with Crippen molar-refractivity contribution in [3.8, 4) is 0 Å². The molecule has 1 atom stereocenters. The van der Waals surface area contributed by atoms with E-state index in [0.29, 0.717) is 22.2 Å². The minimum Gasteiger partial charge on any atom is -0.452 e. The molecule has 0 fully saturated rings. The van der Waals surface area contributed by atoms with Crippen molar-refractivity contribution in [1.29, 1.82) is 0 Å². The number of benzene rings is 1. The molecule has 2 aromatic rings. The fraction of sp³-hybridized carbons (Fsp3) is 0.214. The molecule has 20 heavy (non-hydrogen) atoms. The van der Waals surface area contributed by atoms with Crippen molar-refractivity contribution >= 4 is 39.2 Å². The fourth-order valence-corrected chi connectivity index (χ4v) is 2.86. The van der Waals surface area contributed by atoms with Gasteiger partial charge in [0.15, 0.2) is 10.6 Å². The van der Waals surface area contributed by atoms with Gasteiger partial charge in [-0.2, -0.15) is 0 Å². The monoisotopic (exact) mass is 353 g/mol. The van der Waals surface area contributed by atoms with E-state index in [9.17, 15) is 0 Å². The van der Waals surface area contributed by atoms with E-state index in [1.54, 1.807) is 0 Å². The molecule has 0 aliphatic carbocycles. The highest BCUT2D eigenvalue weighted by Crippen LogP contribution is 2.38. The fourth-order valence-electron chi connectivity index (χ4n) is 2.43. The Kier molecular flexibility index (Phi) is 3.26. The lowest BCUT2D eigenvalue weighted by Gasteiger charge is -2.34. The molecule has 0 radical (unpaired) electrons. The number of nitrogens with two attached hydrogens (primary N) is 1. The molecular weight excluding hydrogens is 342 g/mol. The number of furan rings is 1. The third-order valence-corrected chi connectivity index (χ3v) is 4.14. The van der Waals surface area contributed by atoms with Crippen molar-refractivity contribution in [3.63, 3.8) is 0 Å². The summed E-state index contributed by atoms with van der Waals surface area (Å²) in [7, 11) is 0. The molecule has 104 valence electrons. The predicted molar refractivity (Wildman–Crippen MR) is 84.2 cm³/mol. The maximum absolute atomic E-state index is 6.06. The average molecular weight is 355 g/mol. The molecule has 1 unspecified atom stereocenters. The number of anilines is 1. The molecule has 1 aliphatic rings. The van der Waals surface area contributed by atoms with E-state index in [-0.39, 0.29) is 0 Å². The number of halogens is 2. The Hall–Kier alpha value is -1.46. The smallest absolute Gasteiger partial charge is 0.196 e. The topological polar surface area (TPSA) is 54.8 Å². The zero-order chi connectivity index (χ0) is 14.3. The number of guanidine groups is 1. The minimum absolute atomic E-state index is 0.441. The second-order valence-corrected chi connectivity index (χ2v) is 6.08. The molecule has 0 bridgehead atoms. The van der Waals surface area contributed by atoms with E-state index in [4.69, 9.17) is 21.8 Å². The lowest BCUT2D eigenvalue weighted by molar-refractivity contribution is 0.378. The van der Waals surface area contributed by atoms with Crippen LogP contribution in [0.5, 0.6) is 0 Å². The summed E-state index contributed by atoms with van der Waals surface area (Å²) >= 11 is 9.27. The SMILES string of the molecule is CC1(c2ccc(Br)o2)CN=C(N)N1c1ccc(Cl)cc1. The number of hydrogen-bond donors (Lipinski definition) is 1. The molecule has 0 saturated heterocycles. The lowest BCUT2D eigenvalue weighted by atomic mass is 9.97. The maximum Gasteiger partial charge on any atom is 0.196 e. The van der Waals surface area contributed by atoms with Gasteiger partial charge in [0.05, 0.1) is 6.54 Å². The Morgan fingerprint density at radius 3 is 2.60 bits per heavy atom. The maximum atomic E-state index is 6.06. The summed E-state index contributed by atoms with van der Waals surface area (Å²) < 4.78 is 6.40. The number of hydrogen-bond acceptors (Lipinski definition) is 4. The van der Waals surface area contributed by atoms with Crippen LogP contribution in [0.4, 0.5) is 5.69 Å². The van der Waals surface area contributed by atoms with Crippen LogP contribution in [0.25, 0.3) is 0 Å². The van der Waals surface area contributed by atoms with Crippen molar-refractivity contribution in [3.05, 3.63) is 51.9 Å². The molecule has 2 N–H and O–H groups in total. The van der Waals surface area contributed by atoms with Gasteiger partial charge in [-0.15, -0.1) is 0 Å². The van der Waals surface area contributed by atoms with Crippen LogP contribution in [0.2, 0.25) is 5.02 Å². The highest BCUT2D eigenvalue weighted by molar-refractivity contribution is 9.10. The summed E-state index contributed by atoms with van der Waals surface area (Å²) in [6.45, 7) is 2.59. The molecule has 0 amide bonds. The van der Waals surface area contributed by atoms with Gasteiger partial charge in [-0.25, -0.2) is 0 Å². The van der Waals surface area contributed by atoms with Crippen LogP contribution >= 0.6 is 27.5 Å². The van der Waals surface area contributed by atoms with Gasteiger partial charge in [0.1, 0.15) is 11.3 Å². The minimum atomic E-state index is -0.441.